The number of β-lactam (4-membered cyclic amide) rings is 1. The monoisotopic (exact) mass is 504 g/mol. The Kier molecular flexibility index (Phi) is 8.20. The summed E-state index contributed by atoms with van der Waals surface area (Å²) in [4.78, 5) is 44.6. The number of carboxylic acid groups (broad SMARTS) is 1. The fourth-order valence-corrected chi connectivity index (χ4v) is 6.72. The number of fused-ring (bicyclic) bond motifs is 1. The van der Waals surface area contributed by atoms with Crippen molar-refractivity contribution < 1.29 is 59.3 Å². The first kappa shape index (κ1) is 26.5. The Morgan fingerprint density at radius 1 is 1.39 bits per heavy atom. The molecule has 1 aromatic heterocycles. The zero-order valence-electron chi connectivity index (χ0n) is 18.8. The first-order chi connectivity index (χ1) is 15.1. The van der Waals surface area contributed by atoms with Crippen LogP contribution < -0.4 is 44.9 Å². The Hall–Kier alpha value is -1.15. The SMILES string of the molecule is C[C@@H](CO)NC(=O)c1csc(N2CC(SC3=C(C(=O)[O-])N4C(=O)[C@H]([C@@H](C)O)[C@H]4[C@H]3C)C2)n1.[Na+]. The van der Waals surface area contributed by atoms with E-state index >= 15 is 0 Å². The number of hydrogen-bond acceptors (Lipinski definition) is 10. The number of nitrogens with zero attached hydrogens (tertiary/aromatic N) is 3. The van der Waals surface area contributed by atoms with Crippen LogP contribution in [0.4, 0.5) is 5.13 Å². The third-order valence-corrected chi connectivity index (χ3v) is 8.44. The van der Waals surface area contributed by atoms with Crippen molar-refractivity contribution in [2.75, 3.05) is 24.6 Å². The Morgan fingerprint density at radius 2 is 2.06 bits per heavy atom. The van der Waals surface area contributed by atoms with Crippen molar-refractivity contribution in [1.82, 2.24) is 15.2 Å². The van der Waals surface area contributed by atoms with Crippen molar-refractivity contribution in [2.24, 2.45) is 11.8 Å². The van der Waals surface area contributed by atoms with E-state index in [1.54, 1.807) is 19.2 Å². The average Bonchev–Trinajstić information content (AvgIpc) is 3.26. The van der Waals surface area contributed by atoms with Gasteiger partial charge in [-0.1, -0.05) is 6.92 Å². The molecule has 2 saturated heterocycles. The van der Waals surface area contributed by atoms with Crippen LogP contribution in [0.3, 0.4) is 0 Å². The summed E-state index contributed by atoms with van der Waals surface area (Å²) in [7, 11) is 0. The van der Waals surface area contributed by atoms with Crippen LogP contribution in [0.2, 0.25) is 0 Å². The molecular weight excluding hydrogens is 479 g/mol. The maximum absolute atomic E-state index is 12.4. The molecule has 4 heterocycles. The van der Waals surface area contributed by atoms with E-state index in [0.717, 1.165) is 0 Å². The minimum Gasteiger partial charge on any atom is -0.543 e. The molecule has 2 amide bonds. The van der Waals surface area contributed by atoms with E-state index < -0.39 is 18.0 Å². The summed E-state index contributed by atoms with van der Waals surface area (Å²) < 4.78 is 0. The van der Waals surface area contributed by atoms with Crippen LogP contribution in [0.1, 0.15) is 31.3 Å². The standard InChI is InChI=1S/C20H26N4O6S2.Na/c1-8(6-25)21-17(27)12-7-31-20(22-12)23-4-11(5-23)32-16-9(2)14-13(10(3)26)18(28)24(14)15(16)19(29)30;/h7-11,13-14,25-26H,4-6H2,1-3H3,(H,21,27)(H,29,30);/q;+1/p-1/t8-,9+,10+,13+,14+;/m0./s1. The van der Waals surface area contributed by atoms with Gasteiger partial charge in [0, 0.05) is 40.6 Å². The van der Waals surface area contributed by atoms with Crippen LogP contribution in [0.15, 0.2) is 16.0 Å². The molecule has 3 aliphatic rings. The van der Waals surface area contributed by atoms with Crippen molar-refractivity contribution in [3.8, 4) is 0 Å². The molecule has 3 N–H and O–H groups in total. The summed E-state index contributed by atoms with van der Waals surface area (Å²) in [6.07, 6.45) is -0.839. The van der Waals surface area contributed by atoms with Crippen molar-refractivity contribution >= 4 is 46.0 Å². The predicted molar refractivity (Wildman–Crippen MR) is 117 cm³/mol. The summed E-state index contributed by atoms with van der Waals surface area (Å²) >= 11 is 2.78. The van der Waals surface area contributed by atoms with Crippen LogP contribution in [-0.2, 0) is 9.59 Å². The van der Waals surface area contributed by atoms with E-state index in [1.165, 1.54) is 28.0 Å². The number of rotatable bonds is 8. The molecule has 174 valence electrons. The smallest absolute Gasteiger partial charge is 0.543 e. The van der Waals surface area contributed by atoms with Gasteiger partial charge in [0.25, 0.3) is 5.91 Å². The maximum atomic E-state index is 12.4. The Balaban J connectivity index is 0.00000306. The zero-order chi connectivity index (χ0) is 23.3. The molecule has 2 fully saturated rings. The summed E-state index contributed by atoms with van der Waals surface area (Å²) in [6, 6.07) is -0.709. The number of carbonyl (C=O) groups is 3. The van der Waals surface area contributed by atoms with Crippen molar-refractivity contribution in [3.63, 3.8) is 0 Å². The molecule has 33 heavy (non-hydrogen) atoms. The van der Waals surface area contributed by atoms with Gasteiger partial charge in [0.1, 0.15) is 5.69 Å². The molecule has 0 aromatic carbocycles. The molecule has 3 aliphatic heterocycles. The topological polar surface area (TPSA) is 146 Å². The Morgan fingerprint density at radius 3 is 2.64 bits per heavy atom. The fraction of sp³-hybridized carbons (Fsp3) is 0.600. The molecule has 13 heteroatoms. The van der Waals surface area contributed by atoms with Gasteiger partial charge in [-0.05, 0) is 13.8 Å². The summed E-state index contributed by atoms with van der Waals surface area (Å²) in [5, 5.41) is 35.9. The maximum Gasteiger partial charge on any atom is 1.00 e. The quantitative estimate of drug-likeness (QED) is 0.238. The third-order valence-electron chi connectivity index (χ3n) is 6.09. The van der Waals surface area contributed by atoms with Gasteiger partial charge in [-0.2, -0.15) is 0 Å². The summed E-state index contributed by atoms with van der Waals surface area (Å²) in [5.74, 6) is -2.87. The number of amides is 2. The number of carbonyl (C=O) groups excluding carboxylic acids is 3. The largest absolute Gasteiger partial charge is 1.00 e. The number of aromatic nitrogens is 1. The van der Waals surface area contributed by atoms with Gasteiger partial charge in [-0.3, -0.25) is 9.59 Å². The molecule has 0 unspecified atom stereocenters. The second-order valence-corrected chi connectivity index (χ2v) is 10.7. The van der Waals surface area contributed by atoms with Crippen LogP contribution in [0, 0.1) is 11.8 Å². The number of thiazole rings is 1. The second kappa shape index (κ2) is 10.2. The molecule has 0 spiro atoms. The van der Waals surface area contributed by atoms with E-state index in [1.807, 2.05) is 11.8 Å². The summed E-state index contributed by atoms with van der Waals surface area (Å²) in [5.41, 5.74) is 0.221. The van der Waals surface area contributed by atoms with E-state index in [2.05, 4.69) is 10.3 Å². The molecular formula is C20H25N4NaO6S2. The van der Waals surface area contributed by atoms with E-state index in [0.29, 0.717) is 28.8 Å². The van der Waals surface area contributed by atoms with E-state index in [4.69, 9.17) is 5.11 Å². The van der Waals surface area contributed by atoms with E-state index in [9.17, 15) is 24.6 Å². The molecule has 1 aromatic rings. The number of aliphatic carboxylic acids is 1. The van der Waals surface area contributed by atoms with Crippen LogP contribution >= 0.6 is 23.1 Å². The molecule has 0 radical (unpaired) electrons. The van der Waals surface area contributed by atoms with Crippen LogP contribution in [0.5, 0.6) is 0 Å². The number of hydrogen-bond donors (Lipinski definition) is 3. The first-order valence-corrected chi connectivity index (χ1v) is 12.2. The minimum atomic E-state index is -1.37. The van der Waals surface area contributed by atoms with Crippen molar-refractivity contribution in [1.29, 1.82) is 0 Å². The van der Waals surface area contributed by atoms with Gasteiger partial charge >= 0.3 is 29.6 Å². The normalized spacial score (nSPS) is 26.2. The van der Waals surface area contributed by atoms with Crippen LogP contribution in [-0.4, -0.2) is 81.0 Å². The van der Waals surface area contributed by atoms with Gasteiger partial charge in [0.05, 0.1) is 36.3 Å². The van der Waals surface area contributed by atoms with Gasteiger partial charge < -0.3 is 35.2 Å². The number of nitrogens with one attached hydrogen (secondary N) is 1. The van der Waals surface area contributed by atoms with Gasteiger partial charge in [-0.15, -0.1) is 23.1 Å². The van der Waals surface area contributed by atoms with Gasteiger partial charge in [-0.25, -0.2) is 4.98 Å². The Bertz CT molecular complexity index is 980. The molecule has 0 aliphatic carbocycles. The number of carboxylic acids is 1. The number of aliphatic hydroxyl groups excluding tert-OH is 2. The molecule has 0 bridgehead atoms. The van der Waals surface area contributed by atoms with Crippen LogP contribution in [0.25, 0.3) is 0 Å². The van der Waals surface area contributed by atoms with Gasteiger partial charge in [0.15, 0.2) is 5.13 Å². The summed E-state index contributed by atoms with van der Waals surface area (Å²) in [6.45, 7) is 6.22. The third kappa shape index (κ3) is 4.71. The molecule has 0 saturated carbocycles. The first-order valence-electron chi connectivity index (χ1n) is 10.4. The number of aliphatic hydroxyl groups is 2. The number of anilines is 1. The molecule has 5 atom stereocenters. The van der Waals surface area contributed by atoms with E-state index in [-0.39, 0.29) is 76.9 Å². The Labute approximate surface area is 221 Å². The predicted octanol–water partition coefficient (Wildman–Crippen LogP) is -4.00. The fourth-order valence-electron chi connectivity index (χ4n) is 4.37. The molecule has 4 rings (SSSR count). The second-order valence-electron chi connectivity index (χ2n) is 8.47. The van der Waals surface area contributed by atoms with Gasteiger partial charge in [0.2, 0.25) is 5.91 Å². The zero-order valence-corrected chi connectivity index (χ0v) is 22.5. The average molecular weight is 505 g/mol. The number of thioether (sulfide) groups is 1. The minimum absolute atomic E-state index is 0. The van der Waals surface area contributed by atoms with Crippen molar-refractivity contribution in [3.05, 3.63) is 21.7 Å². The molecule has 10 nitrogen and oxygen atoms in total. The van der Waals surface area contributed by atoms with Crippen molar-refractivity contribution in [2.45, 2.75) is 44.2 Å².